The van der Waals surface area contributed by atoms with Crippen LogP contribution in [0.25, 0.3) is 0 Å². The molecule has 1 aromatic carbocycles. The number of hydrogen-bond acceptors (Lipinski definition) is 4. The van der Waals surface area contributed by atoms with Crippen LogP contribution in [0.4, 0.5) is 13.2 Å². The average Bonchev–Trinajstić information content (AvgIpc) is 2.35. The average molecular weight is 319 g/mol. The minimum absolute atomic E-state index is 0.203. The monoisotopic (exact) mass is 319 g/mol. The number of carbonyl (C=O) groups excluding carboxylic acids is 2. The smallest absolute Gasteiger partial charge is 0.406 e. The molecule has 6 nitrogen and oxygen atoms in total. The van der Waals surface area contributed by atoms with Crippen LogP contribution in [0.2, 0.25) is 0 Å². The first kappa shape index (κ1) is 17.8. The summed E-state index contributed by atoms with van der Waals surface area (Å²) in [6.45, 7) is 1.27. The van der Waals surface area contributed by atoms with Gasteiger partial charge < -0.3 is 16.2 Å². The molecule has 9 heteroatoms. The Balaban J connectivity index is 2.87. The quantitative estimate of drug-likeness (QED) is 0.780. The minimum atomic E-state index is -4.77. The van der Waals surface area contributed by atoms with E-state index in [1.165, 1.54) is 17.0 Å². The van der Waals surface area contributed by atoms with E-state index in [0.717, 1.165) is 12.1 Å². The summed E-state index contributed by atoms with van der Waals surface area (Å²) in [5.74, 6) is -1.66. The standard InChI is InChI=1S/C13H16F3N3O3/c1-8(19(6-11(17)20)7-12(18)21)9-2-4-10(5-3-9)22-13(14,15)16/h2-5,8H,6-7H2,1H3,(H2,17,20)(H2,18,21). The lowest BCUT2D eigenvalue weighted by molar-refractivity contribution is -0.274. The first-order valence-corrected chi connectivity index (χ1v) is 6.25. The molecule has 1 unspecified atom stereocenters. The second-order valence-electron chi connectivity index (χ2n) is 4.63. The van der Waals surface area contributed by atoms with Crippen LogP contribution >= 0.6 is 0 Å². The molecule has 0 saturated carbocycles. The molecular formula is C13H16F3N3O3. The van der Waals surface area contributed by atoms with Crippen molar-refractivity contribution in [3.8, 4) is 5.75 Å². The first-order chi connectivity index (χ1) is 10.1. The number of rotatable bonds is 7. The van der Waals surface area contributed by atoms with Gasteiger partial charge in [-0.25, -0.2) is 0 Å². The lowest BCUT2D eigenvalue weighted by atomic mass is 10.1. The van der Waals surface area contributed by atoms with Crippen molar-refractivity contribution in [3.63, 3.8) is 0 Å². The zero-order chi connectivity index (χ0) is 16.9. The Morgan fingerprint density at radius 3 is 1.95 bits per heavy atom. The number of nitrogens with zero attached hydrogens (tertiary/aromatic N) is 1. The number of primary amides is 2. The van der Waals surface area contributed by atoms with E-state index < -0.39 is 24.2 Å². The highest BCUT2D eigenvalue weighted by molar-refractivity contribution is 5.79. The van der Waals surface area contributed by atoms with Crippen LogP contribution in [-0.2, 0) is 9.59 Å². The van der Waals surface area contributed by atoms with Crippen molar-refractivity contribution in [2.24, 2.45) is 11.5 Å². The highest BCUT2D eigenvalue weighted by Crippen LogP contribution is 2.26. The molecule has 1 aromatic rings. The molecule has 0 spiro atoms. The molecule has 0 aliphatic carbocycles. The maximum Gasteiger partial charge on any atom is 0.573 e. The summed E-state index contributed by atoms with van der Waals surface area (Å²) < 4.78 is 40.0. The third-order valence-corrected chi connectivity index (χ3v) is 2.86. The van der Waals surface area contributed by atoms with Crippen molar-refractivity contribution in [1.82, 2.24) is 4.90 Å². The summed E-state index contributed by atoms with van der Waals surface area (Å²) in [5, 5.41) is 0. The van der Waals surface area contributed by atoms with Crippen LogP contribution in [-0.4, -0.2) is 36.2 Å². The van der Waals surface area contributed by atoms with E-state index in [4.69, 9.17) is 11.5 Å². The van der Waals surface area contributed by atoms with Crippen molar-refractivity contribution in [1.29, 1.82) is 0 Å². The highest BCUT2D eigenvalue weighted by Gasteiger charge is 2.31. The molecule has 0 aromatic heterocycles. The van der Waals surface area contributed by atoms with Gasteiger partial charge in [0, 0.05) is 6.04 Å². The molecule has 122 valence electrons. The van der Waals surface area contributed by atoms with Gasteiger partial charge in [0.25, 0.3) is 0 Å². The van der Waals surface area contributed by atoms with Crippen molar-refractivity contribution in [2.75, 3.05) is 13.1 Å². The fourth-order valence-electron chi connectivity index (χ4n) is 1.89. The van der Waals surface area contributed by atoms with Crippen molar-refractivity contribution in [3.05, 3.63) is 29.8 Å². The Kier molecular flexibility index (Phi) is 5.75. The molecule has 0 fully saturated rings. The topological polar surface area (TPSA) is 98.7 Å². The summed E-state index contributed by atoms with van der Waals surface area (Å²) in [5.41, 5.74) is 10.8. The van der Waals surface area contributed by atoms with Crippen molar-refractivity contribution in [2.45, 2.75) is 19.3 Å². The lowest BCUT2D eigenvalue weighted by Crippen LogP contribution is -2.41. The van der Waals surface area contributed by atoms with Crippen LogP contribution in [0.1, 0.15) is 18.5 Å². The Labute approximate surface area is 124 Å². The third-order valence-electron chi connectivity index (χ3n) is 2.86. The van der Waals surface area contributed by atoms with E-state index in [0.29, 0.717) is 5.56 Å². The maximum absolute atomic E-state index is 12.1. The van der Waals surface area contributed by atoms with Gasteiger partial charge in [-0.1, -0.05) is 12.1 Å². The van der Waals surface area contributed by atoms with E-state index in [9.17, 15) is 22.8 Å². The molecular weight excluding hydrogens is 303 g/mol. The molecule has 2 amide bonds. The van der Waals surface area contributed by atoms with E-state index in [2.05, 4.69) is 4.74 Å². The van der Waals surface area contributed by atoms with Gasteiger partial charge in [0.1, 0.15) is 5.75 Å². The second kappa shape index (κ2) is 7.12. The van der Waals surface area contributed by atoms with E-state index in [1.807, 2.05) is 0 Å². The molecule has 0 aliphatic heterocycles. The van der Waals surface area contributed by atoms with Gasteiger partial charge in [-0.2, -0.15) is 0 Å². The largest absolute Gasteiger partial charge is 0.573 e. The fourth-order valence-corrected chi connectivity index (χ4v) is 1.89. The summed E-state index contributed by atoms with van der Waals surface area (Å²) in [7, 11) is 0. The normalized spacial score (nSPS) is 13.0. The van der Waals surface area contributed by atoms with Gasteiger partial charge in [0.15, 0.2) is 0 Å². The Morgan fingerprint density at radius 1 is 1.14 bits per heavy atom. The first-order valence-electron chi connectivity index (χ1n) is 6.25. The fraction of sp³-hybridized carbons (Fsp3) is 0.385. The van der Waals surface area contributed by atoms with Gasteiger partial charge in [0.05, 0.1) is 13.1 Å². The third kappa shape index (κ3) is 6.00. The summed E-state index contributed by atoms with van der Waals surface area (Å²) in [6.07, 6.45) is -4.77. The molecule has 0 aliphatic rings. The number of benzene rings is 1. The summed E-state index contributed by atoms with van der Waals surface area (Å²) in [6, 6.07) is 4.65. The highest BCUT2D eigenvalue weighted by atomic mass is 19.4. The molecule has 4 N–H and O–H groups in total. The predicted molar refractivity (Wildman–Crippen MR) is 71.5 cm³/mol. The number of alkyl halides is 3. The second-order valence-corrected chi connectivity index (χ2v) is 4.63. The van der Waals surface area contributed by atoms with Crippen LogP contribution in [0.15, 0.2) is 24.3 Å². The maximum atomic E-state index is 12.1. The molecule has 1 rings (SSSR count). The van der Waals surface area contributed by atoms with Crippen molar-refractivity contribution < 1.29 is 27.5 Å². The number of hydrogen-bond donors (Lipinski definition) is 2. The van der Waals surface area contributed by atoms with E-state index in [1.54, 1.807) is 6.92 Å². The Morgan fingerprint density at radius 2 is 1.59 bits per heavy atom. The van der Waals surface area contributed by atoms with Gasteiger partial charge in [-0.05, 0) is 24.6 Å². The Bertz CT molecular complexity index is 516. The zero-order valence-electron chi connectivity index (χ0n) is 11.8. The summed E-state index contributed by atoms with van der Waals surface area (Å²) >= 11 is 0. The predicted octanol–water partition coefficient (Wildman–Crippen LogP) is 0.919. The lowest BCUT2D eigenvalue weighted by Gasteiger charge is -2.27. The number of amides is 2. The SMILES string of the molecule is CC(c1ccc(OC(F)(F)F)cc1)N(CC(N)=O)CC(N)=O. The van der Waals surface area contributed by atoms with Gasteiger partial charge in [-0.15, -0.1) is 13.2 Å². The number of nitrogens with two attached hydrogens (primary N) is 2. The minimum Gasteiger partial charge on any atom is -0.406 e. The molecule has 0 radical (unpaired) electrons. The van der Waals surface area contributed by atoms with Gasteiger partial charge in [0.2, 0.25) is 11.8 Å². The number of carbonyl (C=O) groups is 2. The number of halogens is 3. The van der Waals surface area contributed by atoms with Crippen LogP contribution in [0.5, 0.6) is 5.75 Å². The molecule has 0 saturated heterocycles. The molecule has 1 atom stereocenters. The summed E-state index contributed by atoms with van der Waals surface area (Å²) in [4.78, 5) is 23.5. The van der Waals surface area contributed by atoms with Crippen molar-refractivity contribution >= 4 is 11.8 Å². The molecule has 0 heterocycles. The van der Waals surface area contributed by atoms with E-state index >= 15 is 0 Å². The van der Waals surface area contributed by atoms with E-state index in [-0.39, 0.29) is 18.8 Å². The van der Waals surface area contributed by atoms with Crippen LogP contribution in [0.3, 0.4) is 0 Å². The Hall–Kier alpha value is -2.29. The van der Waals surface area contributed by atoms with Crippen LogP contribution < -0.4 is 16.2 Å². The van der Waals surface area contributed by atoms with Gasteiger partial charge in [-0.3, -0.25) is 14.5 Å². The van der Waals surface area contributed by atoms with Gasteiger partial charge >= 0.3 is 6.36 Å². The van der Waals surface area contributed by atoms with Crippen LogP contribution in [0, 0.1) is 0 Å². The number of ether oxygens (including phenoxy) is 1. The zero-order valence-corrected chi connectivity index (χ0v) is 11.8. The molecule has 22 heavy (non-hydrogen) atoms. The molecule has 0 bridgehead atoms.